The molecule has 1 heterocycles. The number of hydrogen-bond donors (Lipinski definition) is 0. The van der Waals surface area contributed by atoms with E-state index in [0.29, 0.717) is 16.4 Å². The van der Waals surface area contributed by atoms with E-state index in [1.165, 1.54) is 11.3 Å². The average Bonchev–Trinajstić information content (AvgIpc) is 2.52. The Morgan fingerprint density at radius 3 is 2.92 bits per heavy atom. The number of rotatable bonds is 3. The first-order valence-electron chi connectivity index (χ1n) is 3.52. The molecule has 0 aliphatic heterocycles. The topological polar surface area (TPSA) is 43.4 Å². The molecule has 0 radical (unpaired) electrons. The first kappa shape index (κ1) is 8.93. The summed E-state index contributed by atoms with van der Waals surface area (Å²) in [5, 5.41) is 0.476. The first-order valence-corrected chi connectivity index (χ1v) is 4.33. The first-order chi connectivity index (χ1) is 5.76. The molecule has 0 aliphatic rings. The number of hydrogen-bond acceptors (Lipinski definition) is 4. The van der Waals surface area contributed by atoms with Crippen molar-refractivity contribution in [1.82, 2.24) is 0 Å². The zero-order chi connectivity index (χ0) is 8.97. The molecule has 0 saturated carbocycles. The Morgan fingerprint density at radius 1 is 1.67 bits per heavy atom. The highest BCUT2D eigenvalue weighted by molar-refractivity contribution is 7.15. The van der Waals surface area contributed by atoms with Gasteiger partial charge >= 0.3 is 5.97 Å². The van der Waals surface area contributed by atoms with Crippen LogP contribution in [-0.2, 0) is 4.79 Å². The van der Waals surface area contributed by atoms with Crippen LogP contribution in [-0.4, -0.2) is 12.3 Å². The molecule has 0 spiro atoms. The highest BCUT2D eigenvalue weighted by Crippen LogP contribution is 2.23. The third-order valence-corrected chi connectivity index (χ3v) is 2.11. The van der Waals surface area contributed by atoms with Crippen LogP contribution in [0.3, 0.4) is 0 Å². The molecule has 0 amide bonds. The van der Waals surface area contributed by atoms with Crippen LogP contribution in [0.1, 0.15) is 23.0 Å². The van der Waals surface area contributed by atoms with Gasteiger partial charge in [0.25, 0.3) is 0 Å². The Bertz CT molecular complexity index is 290. The molecule has 0 bridgehead atoms. The van der Waals surface area contributed by atoms with E-state index in [4.69, 9.17) is 4.74 Å². The summed E-state index contributed by atoms with van der Waals surface area (Å²) in [6, 6.07) is 3.23. The van der Waals surface area contributed by atoms with Gasteiger partial charge in [-0.05, 0) is 12.1 Å². The van der Waals surface area contributed by atoms with Gasteiger partial charge in [0.15, 0.2) is 11.3 Å². The van der Waals surface area contributed by atoms with Gasteiger partial charge < -0.3 is 4.74 Å². The SMILES string of the molecule is CCC(=O)Oc1ccc(C=O)s1. The highest BCUT2D eigenvalue weighted by Gasteiger charge is 2.03. The van der Waals surface area contributed by atoms with Gasteiger partial charge in [-0.15, -0.1) is 0 Å². The largest absolute Gasteiger partial charge is 0.415 e. The second-order valence-corrected chi connectivity index (χ2v) is 3.18. The molecule has 0 aliphatic carbocycles. The molecule has 0 fully saturated rings. The summed E-state index contributed by atoms with van der Waals surface area (Å²) in [5.41, 5.74) is 0. The summed E-state index contributed by atoms with van der Waals surface area (Å²) in [7, 11) is 0. The summed E-state index contributed by atoms with van der Waals surface area (Å²) >= 11 is 1.17. The van der Waals surface area contributed by atoms with Crippen LogP contribution in [0.4, 0.5) is 0 Å². The summed E-state index contributed by atoms with van der Waals surface area (Å²) in [4.78, 5) is 21.6. The summed E-state index contributed by atoms with van der Waals surface area (Å²) in [5.74, 6) is -0.283. The quantitative estimate of drug-likeness (QED) is 0.532. The van der Waals surface area contributed by atoms with Gasteiger partial charge in [0.1, 0.15) is 0 Å². The summed E-state index contributed by atoms with van der Waals surface area (Å²) < 4.78 is 4.87. The van der Waals surface area contributed by atoms with Crippen molar-refractivity contribution in [3.63, 3.8) is 0 Å². The molecule has 64 valence electrons. The number of aldehydes is 1. The highest BCUT2D eigenvalue weighted by atomic mass is 32.1. The van der Waals surface area contributed by atoms with Crippen molar-refractivity contribution in [1.29, 1.82) is 0 Å². The number of esters is 1. The lowest BCUT2D eigenvalue weighted by molar-refractivity contribution is -0.133. The van der Waals surface area contributed by atoms with Gasteiger partial charge in [-0.1, -0.05) is 18.3 Å². The van der Waals surface area contributed by atoms with Crippen molar-refractivity contribution in [3.05, 3.63) is 17.0 Å². The van der Waals surface area contributed by atoms with Gasteiger partial charge in [-0.2, -0.15) is 0 Å². The fraction of sp³-hybridized carbons (Fsp3) is 0.250. The van der Waals surface area contributed by atoms with Gasteiger partial charge in [0, 0.05) is 6.42 Å². The van der Waals surface area contributed by atoms with E-state index in [2.05, 4.69) is 0 Å². The number of carbonyl (C=O) groups is 2. The van der Waals surface area contributed by atoms with Crippen LogP contribution in [0.25, 0.3) is 0 Å². The average molecular weight is 184 g/mol. The van der Waals surface area contributed by atoms with E-state index < -0.39 is 0 Å². The lowest BCUT2D eigenvalue weighted by Crippen LogP contribution is -2.03. The zero-order valence-electron chi connectivity index (χ0n) is 6.57. The third kappa shape index (κ3) is 2.17. The van der Waals surface area contributed by atoms with Crippen molar-refractivity contribution in [2.75, 3.05) is 0 Å². The lowest BCUT2D eigenvalue weighted by atomic mass is 10.5. The van der Waals surface area contributed by atoms with Crippen molar-refractivity contribution in [3.8, 4) is 5.06 Å². The van der Waals surface area contributed by atoms with E-state index in [1.54, 1.807) is 19.1 Å². The van der Waals surface area contributed by atoms with Crippen LogP contribution >= 0.6 is 11.3 Å². The minimum atomic E-state index is -0.283. The normalized spacial score (nSPS) is 9.42. The maximum absolute atomic E-state index is 10.8. The molecule has 3 nitrogen and oxygen atoms in total. The maximum atomic E-state index is 10.8. The van der Waals surface area contributed by atoms with Crippen molar-refractivity contribution >= 4 is 23.6 Å². The van der Waals surface area contributed by atoms with Crippen molar-refractivity contribution < 1.29 is 14.3 Å². The Labute approximate surface area is 74.0 Å². The maximum Gasteiger partial charge on any atom is 0.311 e. The molecule has 0 aromatic carbocycles. The van der Waals surface area contributed by atoms with Crippen LogP contribution in [0.2, 0.25) is 0 Å². The van der Waals surface area contributed by atoms with Gasteiger partial charge in [-0.25, -0.2) is 0 Å². The molecule has 1 aromatic heterocycles. The zero-order valence-corrected chi connectivity index (χ0v) is 7.39. The fourth-order valence-corrected chi connectivity index (χ4v) is 1.32. The molecule has 1 aromatic rings. The summed E-state index contributed by atoms with van der Waals surface area (Å²) in [6.45, 7) is 1.72. The molecule has 0 N–H and O–H groups in total. The fourth-order valence-electron chi connectivity index (χ4n) is 0.637. The van der Waals surface area contributed by atoms with Crippen molar-refractivity contribution in [2.45, 2.75) is 13.3 Å². The predicted octanol–water partition coefficient (Wildman–Crippen LogP) is 1.88. The Hall–Kier alpha value is -1.16. The molecule has 12 heavy (non-hydrogen) atoms. The van der Waals surface area contributed by atoms with E-state index >= 15 is 0 Å². The monoisotopic (exact) mass is 184 g/mol. The standard InChI is InChI=1S/C8H8O3S/c1-2-7(10)11-8-4-3-6(5-9)12-8/h3-5H,2H2,1H3. The van der Waals surface area contributed by atoms with Crippen molar-refractivity contribution in [2.24, 2.45) is 0 Å². The molecule has 4 heteroatoms. The molecular formula is C8H8O3S. The van der Waals surface area contributed by atoms with E-state index in [1.807, 2.05) is 0 Å². The molecular weight excluding hydrogens is 176 g/mol. The lowest BCUT2D eigenvalue weighted by Gasteiger charge is -1.95. The van der Waals surface area contributed by atoms with E-state index in [9.17, 15) is 9.59 Å². The predicted molar refractivity (Wildman–Crippen MR) is 45.6 cm³/mol. The van der Waals surface area contributed by atoms with E-state index in [0.717, 1.165) is 6.29 Å². The van der Waals surface area contributed by atoms with Gasteiger partial charge in [0.2, 0.25) is 0 Å². The smallest absolute Gasteiger partial charge is 0.311 e. The number of ether oxygens (including phenoxy) is 1. The van der Waals surface area contributed by atoms with Crippen LogP contribution in [0.5, 0.6) is 5.06 Å². The Balaban J connectivity index is 2.63. The minimum Gasteiger partial charge on any atom is -0.415 e. The molecule has 0 unspecified atom stereocenters. The molecule has 0 saturated heterocycles. The van der Waals surface area contributed by atoms with Gasteiger partial charge in [0.05, 0.1) is 4.88 Å². The minimum absolute atomic E-state index is 0.283. The van der Waals surface area contributed by atoms with Gasteiger partial charge in [-0.3, -0.25) is 9.59 Å². The summed E-state index contributed by atoms with van der Waals surface area (Å²) in [6.07, 6.45) is 1.07. The molecule has 0 atom stereocenters. The third-order valence-electron chi connectivity index (χ3n) is 1.22. The number of carbonyl (C=O) groups excluding carboxylic acids is 2. The van der Waals surface area contributed by atoms with Crippen LogP contribution in [0.15, 0.2) is 12.1 Å². The Kier molecular flexibility index (Phi) is 2.99. The second kappa shape index (κ2) is 4.01. The molecule has 1 rings (SSSR count). The van der Waals surface area contributed by atoms with Crippen LogP contribution in [0, 0.1) is 0 Å². The Morgan fingerprint density at radius 2 is 2.42 bits per heavy atom. The number of thiophene rings is 1. The second-order valence-electron chi connectivity index (χ2n) is 2.10. The van der Waals surface area contributed by atoms with E-state index in [-0.39, 0.29) is 5.97 Å². The van der Waals surface area contributed by atoms with Crippen LogP contribution < -0.4 is 4.74 Å².